The van der Waals surface area contributed by atoms with E-state index in [0.29, 0.717) is 0 Å². The smallest absolute Gasteiger partial charge is 0.327 e. The van der Waals surface area contributed by atoms with Crippen LogP contribution in [0.2, 0.25) is 0 Å². The van der Waals surface area contributed by atoms with Gasteiger partial charge in [-0.15, -0.1) is 0 Å². The summed E-state index contributed by atoms with van der Waals surface area (Å²) in [6, 6.07) is 0. The van der Waals surface area contributed by atoms with Crippen molar-refractivity contribution in [3.8, 4) is 0 Å². The first-order valence-electron chi connectivity index (χ1n) is 5.60. The minimum Gasteiger partial charge on any atom is -0.478 e. The van der Waals surface area contributed by atoms with Crippen LogP contribution in [0.5, 0.6) is 0 Å². The molecule has 7 nitrogen and oxygen atoms in total. The van der Waals surface area contributed by atoms with E-state index < -0.39 is 17.9 Å². The third kappa shape index (κ3) is 332. The van der Waals surface area contributed by atoms with E-state index in [1.54, 1.807) is 14.2 Å². The zero-order valence-corrected chi connectivity index (χ0v) is 13.0. The first kappa shape index (κ1) is 31.1. The maximum atomic E-state index is 9.25. The summed E-state index contributed by atoms with van der Waals surface area (Å²) in [4.78, 5) is 27.8. The second-order valence-electron chi connectivity index (χ2n) is 2.74. The van der Waals surface area contributed by atoms with Crippen LogP contribution in [0, 0.1) is 0 Å². The number of carboxylic acids is 3. The van der Waals surface area contributed by atoms with E-state index in [0.717, 1.165) is 18.2 Å². The van der Waals surface area contributed by atoms with Crippen LogP contribution in [0.4, 0.5) is 0 Å². The van der Waals surface area contributed by atoms with E-state index in [-0.39, 0.29) is 0 Å². The molecule has 0 saturated carbocycles. The van der Waals surface area contributed by atoms with Crippen LogP contribution in [0.1, 0.15) is 20.3 Å². The molecule has 0 fully saturated rings. The minimum absolute atomic E-state index is 0.833. The monoisotopic (exact) mass is 306 g/mol. The standard InChI is InChI=1S/3C3H4O2.C3H8.C2H6O/c3*1-2-3(4)5;2*1-3-2/h3*2H,1H2,(H,4,5);3H2,1-2H3;1-2H3. The fraction of sp³-hybridized carbons (Fsp3) is 0.357. The lowest BCUT2D eigenvalue weighted by molar-refractivity contribution is -0.132. The molecule has 7 heteroatoms. The van der Waals surface area contributed by atoms with E-state index in [2.05, 4.69) is 38.3 Å². The number of carboxylic acid groups (broad SMARTS) is 3. The molecule has 0 unspecified atom stereocenters. The first-order chi connectivity index (χ1) is 9.64. The Bertz CT molecular complexity index is 238. The molecule has 0 rings (SSSR count). The van der Waals surface area contributed by atoms with Gasteiger partial charge < -0.3 is 20.1 Å². The van der Waals surface area contributed by atoms with Gasteiger partial charge in [-0.2, -0.15) is 0 Å². The third-order valence-electron chi connectivity index (χ3n) is 0.524. The second kappa shape index (κ2) is 36.0. The van der Waals surface area contributed by atoms with Gasteiger partial charge in [0.15, 0.2) is 0 Å². The van der Waals surface area contributed by atoms with Crippen molar-refractivity contribution in [1.82, 2.24) is 0 Å². The minimum atomic E-state index is -0.981. The van der Waals surface area contributed by atoms with Gasteiger partial charge in [-0.25, -0.2) is 14.4 Å². The van der Waals surface area contributed by atoms with Crippen LogP contribution in [-0.4, -0.2) is 47.4 Å². The topological polar surface area (TPSA) is 121 Å². The fourth-order valence-electron chi connectivity index (χ4n) is 0. The normalized spacial score (nSPS) is 6.29. The van der Waals surface area contributed by atoms with Crippen molar-refractivity contribution in [2.75, 3.05) is 14.2 Å². The molecule has 0 aliphatic rings. The fourth-order valence-corrected chi connectivity index (χ4v) is 0. The zero-order chi connectivity index (χ0) is 18.3. The summed E-state index contributed by atoms with van der Waals surface area (Å²) in [7, 11) is 3.25. The molecular weight excluding hydrogens is 280 g/mol. The molecule has 0 saturated heterocycles. The molecule has 0 amide bonds. The molecule has 124 valence electrons. The van der Waals surface area contributed by atoms with E-state index >= 15 is 0 Å². The van der Waals surface area contributed by atoms with Gasteiger partial charge in [0.2, 0.25) is 0 Å². The van der Waals surface area contributed by atoms with Gasteiger partial charge in [0.25, 0.3) is 0 Å². The number of hydrogen-bond donors (Lipinski definition) is 3. The molecular formula is C14H26O7. The van der Waals surface area contributed by atoms with Crippen molar-refractivity contribution in [2.24, 2.45) is 0 Å². The summed E-state index contributed by atoms with van der Waals surface area (Å²) in [5.74, 6) is -2.94. The van der Waals surface area contributed by atoms with E-state index in [1.807, 2.05) is 0 Å². The first-order valence-corrected chi connectivity index (χ1v) is 5.60. The molecule has 0 aliphatic carbocycles. The maximum absolute atomic E-state index is 9.25. The summed E-state index contributed by atoms with van der Waals surface area (Å²) in [6.07, 6.45) is 3.75. The van der Waals surface area contributed by atoms with Crippen LogP contribution in [0.25, 0.3) is 0 Å². The highest BCUT2D eigenvalue weighted by molar-refractivity contribution is 5.79. The van der Waals surface area contributed by atoms with Gasteiger partial charge in [-0.05, 0) is 0 Å². The number of carbonyl (C=O) groups is 3. The summed E-state index contributed by atoms with van der Waals surface area (Å²) in [5.41, 5.74) is 0. The molecule has 0 radical (unpaired) electrons. The Balaban J connectivity index is -0.0000000519. The van der Waals surface area contributed by atoms with Crippen LogP contribution >= 0.6 is 0 Å². The van der Waals surface area contributed by atoms with Crippen molar-refractivity contribution < 1.29 is 34.4 Å². The highest BCUT2D eigenvalue weighted by atomic mass is 16.4. The molecule has 0 aromatic carbocycles. The Morgan fingerprint density at radius 2 is 0.857 bits per heavy atom. The number of methoxy groups -OCH3 is 1. The van der Waals surface area contributed by atoms with Gasteiger partial charge in [0.05, 0.1) is 0 Å². The number of ether oxygens (including phenoxy) is 1. The Kier molecular flexibility index (Phi) is 53.4. The van der Waals surface area contributed by atoms with Crippen LogP contribution in [0.3, 0.4) is 0 Å². The molecule has 0 heterocycles. The van der Waals surface area contributed by atoms with Crippen molar-refractivity contribution >= 4 is 17.9 Å². The number of aliphatic carboxylic acids is 3. The molecule has 21 heavy (non-hydrogen) atoms. The lowest BCUT2D eigenvalue weighted by atomic mass is 10.6. The summed E-state index contributed by atoms with van der Waals surface area (Å²) >= 11 is 0. The SMILES string of the molecule is C=CC(=O)O.C=CC(=O)O.C=CC(=O)O.CCC.COC. The van der Waals surface area contributed by atoms with Gasteiger partial charge in [0, 0.05) is 32.4 Å². The maximum Gasteiger partial charge on any atom is 0.327 e. The molecule has 0 aromatic rings. The van der Waals surface area contributed by atoms with Crippen molar-refractivity contribution in [2.45, 2.75) is 20.3 Å². The predicted octanol–water partition coefficient (Wildman–Crippen LogP) is 2.45. The average Bonchev–Trinajstić information content (AvgIpc) is 2.41. The highest BCUT2D eigenvalue weighted by Gasteiger charge is 1.74. The van der Waals surface area contributed by atoms with Gasteiger partial charge >= 0.3 is 17.9 Å². The Hall–Kier alpha value is -2.41. The Morgan fingerprint density at radius 3 is 0.857 bits per heavy atom. The van der Waals surface area contributed by atoms with Crippen LogP contribution in [-0.2, 0) is 19.1 Å². The molecule has 3 N–H and O–H groups in total. The Labute approximate surface area is 125 Å². The van der Waals surface area contributed by atoms with E-state index in [1.165, 1.54) is 6.42 Å². The van der Waals surface area contributed by atoms with Crippen LogP contribution in [0.15, 0.2) is 38.0 Å². The molecule has 0 bridgehead atoms. The molecule has 0 spiro atoms. The van der Waals surface area contributed by atoms with E-state index in [4.69, 9.17) is 15.3 Å². The van der Waals surface area contributed by atoms with Crippen molar-refractivity contribution in [3.05, 3.63) is 38.0 Å². The quantitative estimate of drug-likeness (QED) is 0.684. The number of rotatable bonds is 3. The number of hydrogen-bond acceptors (Lipinski definition) is 4. The van der Waals surface area contributed by atoms with Crippen molar-refractivity contribution in [3.63, 3.8) is 0 Å². The van der Waals surface area contributed by atoms with Crippen LogP contribution < -0.4 is 0 Å². The summed E-state index contributed by atoms with van der Waals surface area (Å²) in [6.45, 7) is 13.1. The molecule has 0 atom stereocenters. The summed E-state index contributed by atoms with van der Waals surface area (Å²) in [5, 5.41) is 22.8. The highest BCUT2D eigenvalue weighted by Crippen LogP contribution is 1.56. The van der Waals surface area contributed by atoms with Gasteiger partial charge in [-0.3, -0.25) is 0 Å². The second-order valence-corrected chi connectivity index (χ2v) is 2.74. The predicted molar refractivity (Wildman–Crippen MR) is 82.4 cm³/mol. The third-order valence-corrected chi connectivity index (χ3v) is 0.524. The van der Waals surface area contributed by atoms with Crippen molar-refractivity contribution in [1.29, 1.82) is 0 Å². The molecule has 0 aromatic heterocycles. The lowest BCUT2D eigenvalue weighted by Gasteiger charge is -1.64. The average molecular weight is 306 g/mol. The van der Waals surface area contributed by atoms with E-state index in [9.17, 15) is 14.4 Å². The lowest BCUT2D eigenvalue weighted by Crippen LogP contribution is -1.82. The van der Waals surface area contributed by atoms with Gasteiger partial charge in [0.1, 0.15) is 0 Å². The molecule has 0 aliphatic heterocycles. The largest absolute Gasteiger partial charge is 0.478 e. The zero-order valence-electron chi connectivity index (χ0n) is 13.0. The van der Waals surface area contributed by atoms with Gasteiger partial charge in [-0.1, -0.05) is 40.0 Å². The Morgan fingerprint density at radius 1 is 0.810 bits per heavy atom. The summed E-state index contributed by atoms with van der Waals surface area (Å²) < 4.78 is 4.25.